The number of esters is 2. The van der Waals surface area contributed by atoms with Crippen LogP contribution >= 0.6 is 23.5 Å². The smallest absolute Gasteiger partial charge is 0.387 e. The molecule has 2 aromatic carbocycles. The van der Waals surface area contributed by atoms with Gasteiger partial charge in [-0.25, -0.2) is 14.8 Å². The zero-order valence-corrected chi connectivity index (χ0v) is 36.3. The molecule has 12 nitrogen and oxygen atoms in total. The maximum Gasteiger partial charge on any atom is 0.491 e. The molecule has 0 spiro atoms. The first-order valence-corrected chi connectivity index (χ1v) is 20.8. The molecule has 2 aliphatic heterocycles. The summed E-state index contributed by atoms with van der Waals surface area (Å²) in [7, 11) is 0. The first-order chi connectivity index (χ1) is 28.8. The molecule has 0 unspecified atom stereocenters. The van der Waals surface area contributed by atoms with Crippen molar-refractivity contribution in [2.45, 2.75) is 108 Å². The summed E-state index contributed by atoms with van der Waals surface area (Å²) in [5.41, 5.74) is 4.86. The maximum absolute atomic E-state index is 12.8. The molecule has 1 N–H and O–H groups in total. The Morgan fingerprint density at radius 1 is 0.710 bits per heavy atom. The molecule has 0 fully saturated rings. The molecular weight excluding hydrogens is 859 g/mol. The molecule has 4 heterocycles. The summed E-state index contributed by atoms with van der Waals surface area (Å²) in [6, 6.07) is 19.6. The second-order valence-electron chi connectivity index (χ2n) is 15.8. The van der Waals surface area contributed by atoms with Crippen molar-refractivity contribution in [2.75, 3.05) is 11.5 Å². The van der Waals surface area contributed by atoms with E-state index < -0.39 is 30.2 Å². The zero-order chi connectivity index (χ0) is 46.4. The predicted octanol–water partition coefficient (Wildman–Crippen LogP) is 8.54. The van der Waals surface area contributed by atoms with Crippen molar-refractivity contribution in [1.29, 1.82) is 15.9 Å². The van der Waals surface area contributed by atoms with Gasteiger partial charge in [-0.3, -0.25) is 15.0 Å². The van der Waals surface area contributed by atoms with Crippen LogP contribution in [0.15, 0.2) is 63.8 Å². The van der Waals surface area contributed by atoms with Crippen molar-refractivity contribution in [3.05, 3.63) is 81.8 Å². The van der Waals surface area contributed by atoms with Gasteiger partial charge in [0.2, 0.25) is 0 Å². The third kappa shape index (κ3) is 12.2. The van der Waals surface area contributed by atoms with E-state index in [9.17, 15) is 51.2 Å². The highest BCUT2D eigenvalue weighted by atomic mass is 32.2. The van der Waals surface area contributed by atoms with E-state index in [2.05, 4.69) is 74.5 Å². The Hall–Kier alpha value is -5.73. The van der Waals surface area contributed by atoms with Crippen molar-refractivity contribution in [3.8, 4) is 34.7 Å². The van der Waals surface area contributed by atoms with Gasteiger partial charge in [0.15, 0.2) is 15.8 Å². The van der Waals surface area contributed by atoms with Gasteiger partial charge in [0.05, 0.1) is 11.4 Å². The van der Waals surface area contributed by atoms with Crippen LogP contribution in [0.1, 0.15) is 83.6 Å². The van der Waals surface area contributed by atoms with Crippen LogP contribution < -0.4 is 11.0 Å². The maximum atomic E-state index is 12.8. The summed E-state index contributed by atoms with van der Waals surface area (Å²) in [6.45, 7) is 14.5. The molecule has 328 valence electrons. The standard InChI is InChI=1S/C20H19F3N4OS.C18H20N4S.C4H3F3O3/c1-19(2,3)13-7-5-12(6-8-13)15-14(11-24)16(26-17(28)20(21,22)23)27-9-4-10-29-18(27)25-15;1-18(2,3)13-7-5-12(6-8-13)15-14(11-19)16(20)22-9-4-10-23-17(22)21-15;1-2(8)10-3(9)4(5,6)7/h5-8H,4,9-10H2,1-3H3;5-8,20H,4,9-10H2,1-3H3;1H3. The lowest BCUT2D eigenvalue weighted by Gasteiger charge is -2.21. The minimum atomic E-state index is -5.11. The number of rotatable bonds is 2. The van der Waals surface area contributed by atoms with E-state index in [1.54, 1.807) is 23.9 Å². The monoisotopic (exact) mass is 900 g/mol. The molecule has 0 saturated carbocycles. The molecule has 2 aromatic heterocycles. The number of carbonyl (C=O) groups is 3. The number of halogens is 6. The molecule has 0 aliphatic carbocycles. The molecule has 2 aliphatic rings. The number of carbonyl (C=O) groups excluding carboxylic acids is 3. The highest BCUT2D eigenvalue weighted by molar-refractivity contribution is 7.99. The van der Waals surface area contributed by atoms with E-state index in [-0.39, 0.29) is 33.1 Å². The number of amides is 1. The number of benzene rings is 2. The Kier molecular flexibility index (Phi) is 15.4. The fourth-order valence-corrected chi connectivity index (χ4v) is 7.74. The van der Waals surface area contributed by atoms with Crippen LogP contribution in [0.4, 0.5) is 26.3 Å². The molecule has 20 heteroatoms. The van der Waals surface area contributed by atoms with Crippen molar-refractivity contribution in [2.24, 2.45) is 4.99 Å². The second kappa shape index (κ2) is 19.5. The molecule has 0 atom stereocenters. The topological polar surface area (TPSA) is 180 Å². The molecule has 6 rings (SSSR count). The van der Waals surface area contributed by atoms with Gasteiger partial charge < -0.3 is 13.9 Å². The van der Waals surface area contributed by atoms with Gasteiger partial charge in [-0.1, -0.05) is 114 Å². The number of hydrogen-bond donors (Lipinski definition) is 1. The van der Waals surface area contributed by atoms with E-state index in [4.69, 9.17) is 10.4 Å². The number of alkyl halides is 6. The van der Waals surface area contributed by atoms with Crippen LogP contribution in [0.25, 0.3) is 22.5 Å². The Morgan fingerprint density at radius 2 is 1.13 bits per heavy atom. The van der Waals surface area contributed by atoms with Crippen LogP contribution in [-0.2, 0) is 43.0 Å². The third-order valence-electron chi connectivity index (χ3n) is 9.04. The lowest BCUT2D eigenvalue weighted by atomic mass is 9.86. The van der Waals surface area contributed by atoms with Crippen molar-refractivity contribution >= 4 is 41.4 Å². The summed E-state index contributed by atoms with van der Waals surface area (Å²) in [5.74, 6) is -4.24. The number of aromatic nitrogens is 4. The van der Waals surface area contributed by atoms with E-state index in [0.717, 1.165) is 40.8 Å². The van der Waals surface area contributed by atoms with Gasteiger partial charge in [-0.15, -0.1) is 0 Å². The summed E-state index contributed by atoms with van der Waals surface area (Å²) >= 11 is 3.02. The number of hydrogen-bond acceptors (Lipinski definition) is 11. The molecule has 0 radical (unpaired) electrons. The van der Waals surface area contributed by atoms with E-state index in [1.807, 2.05) is 34.9 Å². The SMILES string of the molecule is CC(=O)OC(=O)C(F)(F)F.CC(C)(C)c1ccc(-c2nc3n(c(=N)c2C#N)CCCS3)cc1.CC(C)(C)c1ccc(-c2nc3n(c(=NC(=O)C(F)(F)F)c2C#N)CCCS3)cc1. The lowest BCUT2D eigenvalue weighted by Crippen LogP contribution is -2.33. The average molecular weight is 901 g/mol. The quantitative estimate of drug-likeness (QED) is 0.0887. The minimum Gasteiger partial charge on any atom is -0.387 e. The molecule has 62 heavy (non-hydrogen) atoms. The number of fused-ring (bicyclic) bond motifs is 2. The van der Waals surface area contributed by atoms with Crippen LogP contribution in [-0.4, -0.2) is 60.8 Å². The Bertz CT molecular complexity index is 2560. The Morgan fingerprint density at radius 3 is 1.50 bits per heavy atom. The number of ether oxygens (including phenoxy) is 1. The van der Waals surface area contributed by atoms with Crippen molar-refractivity contribution < 1.29 is 45.5 Å². The van der Waals surface area contributed by atoms with Crippen LogP contribution in [0, 0.1) is 28.1 Å². The molecule has 1 amide bonds. The average Bonchev–Trinajstić information content (AvgIpc) is 3.19. The van der Waals surface area contributed by atoms with Crippen LogP contribution in [0.3, 0.4) is 0 Å². The van der Waals surface area contributed by atoms with Crippen molar-refractivity contribution in [3.63, 3.8) is 0 Å². The Balaban J connectivity index is 0.000000228. The highest BCUT2D eigenvalue weighted by Gasteiger charge is 2.42. The predicted molar refractivity (Wildman–Crippen MR) is 218 cm³/mol. The first-order valence-electron chi connectivity index (χ1n) is 18.8. The third-order valence-corrected chi connectivity index (χ3v) is 11.2. The van der Waals surface area contributed by atoms with Gasteiger partial charge in [-0.2, -0.15) is 41.9 Å². The van der Waals surface area contributed by atoms with E-state index in [0.29, 0.717) is 41.9 Å². The van der Waals surface area contributed by atoms with Gasteiger partial charge in [0.25, 0.3) is 0 Å². The second-order valence-corrected chi connectivity index (χ2v) is 17.9. The Labute approximate surface area is 361 Å². The van der Waals surface area contributed by atoms with Gasteiger partial charge in [0.1, 0.15) is 28.8 Å². The summed E-state index contributed by atoms with van der Waals surface area (Å²) in [6.07, 6.45) is -8.51. The van der Waals surface area contributed by atoms with E-state index in [1.165, 1.54) is 21.9 Å². The number of nitriles is 2. The van der Waals surface area contributed by atoms with E-state index >= 15 is 0 Å². The number of thioether (sulfide) groups is 2. The van der Waals surface area contributed by atoms with Crippen LogP contribution in [0.2, 0.25) is 0 Å². The molecule has 0 bridgehead atoms. The van der Waals surface area contributed by atoms with Gasteiger partial charge >= 0.3 is 30.2 Å². The van der Waals surface area contributed by atoms with Gasteiger partial charge in [-0.05, 0) is 34.8 Å². The molecule has 4 aromatic rings. The lowest BCUT2D eigenvalue weighted by molar-refractivity contribution is -0.201. The van der Waals surface area contributed by atoms with Gasteiger partial charge in [0, 0.05) is 42.6 Å². The number of nitrogens with one attached hydrogen (secondary N) is 1. The fraction of sp³-hybridized carbons (Fsp3) is 0.405. The summed E-state index contributed by atoms with van der Waals surface area (Å²) in [4.78, 5) is 43.5. The largest absolute Gasteiger partial charge is 0.491 e. The zero-order valence-electron chi connectivity index (χ0n) is 34.7. The normalized spacial score (nSPS) is 14.0. The summed E-state index contributed by atoms with van der Waals surface area (Å²) in [5, 5.41) is 28.8. The van der Waals surface area contributed by atoms with Crippen molar-refractivity contribution in [1.82, 2.24) is 19.1 Å². The molecular formula is C42H42F6N8O4S2. The first kappa shape index (κ1) is 48.9. The molecule has 0 saturated heterocycles. The fourth-order valence-electron chi connectivity index (χ4n) is 5.85. The summed E-state index contributed by atoms with van der Waals surface area (Å²) < 4.78 is 78.5. The number of nitrogens with zero attached hydrogens (tertiary/aromatic N) is 7. The van der Waals surface area contributed by atoms with Crippen LogP contribution in [0.5, 0.6) is 0 Å². The minimum absolute atomic E-state index is 0.0782. The highest BCUT2D eigenvalue weighted by Crippen LogP contribution is 2.31.